The Labute approximate surface area is 108 Å². The summed E-state index contributed by atoms with van der Waals surface area (Å²) in [6.07, 6.45) is 3.66. The number of nitrogens with two attached hydrogens (primary N) is 1. The molecule has 1 atom stereocenters. The third-order valence-corrected chi connectivity index (χ3v) is 3.72. The predicted molar refractivity (Wildman–Crippen MR) is 69.5 cm³/mol. The fourth-order valence-corrected chi connectivity index (χ4v) is 2.81. The van der Waals surface area contributed by atoms with Gasteiger partial charge in [-0.2, -0.15) is 0 Å². The number of nitrogens with zero attached hydrogens (tertiary/aromatic N) is 3. The summed E-state index contributed by atoms with van der Waals surface area (Å²) >= 11 is 3.50. The highest BCUT2D eigenvalue weighted by atomic mass is 79.9. The van der Waals surface area contributed by atoms with Crippen LogP contribution in [0.15, 0.2) is 29.1 Å². The van der Waals surface area contributed by atoms with Gasteiger partial charge < -0.3 is 10.3 Å². The van der Waals surface area contributed by atoms with E-state index in [2.05, 4.69) is 30.5 Å². The molecule has 88 valence electrons. The molecule has 3 heterocycles. The van der Waals surface area contributed by atoms with Crippen molar-refractivity contribution in [1.82, 2.24) is 14.5 Å². The van der Waals surface area contributed by atoms with E-state index in [4.69, 9.17) is 5.73 Å². The van der Waals surface area contributed by atoms with Gasteiger partial charge in [-0.1, -0.05) is 6.07 Å². The van der Waals surface area contributed by atoms with Crippen LogP contribution in [0.2, 0.25) is 0 Å². The number of aromatic nitrogens is 3. The van der Waals surface area contributed by atoms with Gasteiger partial charge in [0, 0.05) is 30.9 Å². The average molecular weight is 293 g/mol. The molecule has 1 unspecified atom stereocenters. The molecule has 0 fully saturated rings. The minimum Gasteiger partial charge on any atom is -0.327 e. The number of imidazole rings is 1. The zero-order valence-electron chi connectivity index (χ0n) is 9.31. The van der Waals surface area contributed by atoms with Gasteiger partial charge in [-0.15, -0.1) is 0 Å². The summed E-state index contributed by atoms with van der Waals surface area (Å²) < 4.78 is 3.06. The minimum atomic E-state index is 0.230. The molecule has 3 rings (SSSR count). The summed E-state index contributed by atoms with van der Waals surface area (Å²) in [4.78, 5) is 8.92. The number of halogens is 1. The van der Waals surface area contributed by atoms with Gasteiger partial charge in [-0.25, -0.2) is 4.98 Å². The van der Waals surface area contributed by atoms with Crippen molar-refractivity contribution in [3.05, 3.63) is 34.8 Å². The Hall–Kier alpha value is -1.20. The second kappa shape index (κ2) is 4.23. The van der Waals surface area contributed by atoms with E-state index in [-0.39, 0.29) is 6.04 Å². The van der Waals surface area contributed by atoms with Crippen LogP contribution in [0.3, 0.4) is 0 Å². The molecule has 1 aliphatic rings. The van der Waals surface area contributed by atoms with Crippen LogP contribution in [0.25, 0.3) is 11.4 Å². The number of fused-ring (bicyclic) bond motifs is 1. The van der Waals surface area contributed by atoms with E-state index in [0.717, 1.165) is 35.5 Å². The van der Waals surface area contributed by atoms with E-state index in [1.54, 1.807) is 6.20 Å². The van der Waals surface area contributed by atoms with Crippen LogP contribution in [0, 0.1) is 0 Å². The first kappa shape index (κ1) is 10.9. The second-order valence-electron chi connectivity index (χ2n) is 4.30. The number of hydrogen-bond acceptors (Lipinski definition) is 3. The van der Waals surface area contributed by atoms with Gasteiger partial charge in [0.1, 0.15) is 5.69 Å². The predicted octanol–water partition coefficient (Wildman–Crippen LogP) is 1.98. The quantitative estimate of drug-likeness (QED) is 0.874. The lowest BCUT2D eigenvalue weighted by atomic mass is 10.0. The summed E-state index contributed by atoms with van der Waals surface area (Å²) in [5.41, 5.74) is 9.08. The van der Waals surface area contributed by atoms with Crippen LogP contribution in [0.1, 0.15) is 12.1 Å². The van der Waals surface area contributed by atoms with E-state index in [0.29, 0.717) is 0 Å². The normalized spacial score (nSPS) is 19.1. The van der Waals surface area contributed by atoms with Gasteiger partial charge in [0.25, 0.3) is 0 Å². The molecule has 1 aliphatic heterocycles. The molecule has 17 heavy (non-hydrogen) atoms. The molecule has 2 aromatic heterocycles. The van der Waals surface area contributed by atoms with E-state index in [1.165, 1.54) is 5.69 Å². The van der Waals surface area contributed by atoms with E-state index >= 15 is 0 Å². The monoisotopic (exact) mass is 292 g/mol. The molecule has 2 aromatic rings. The van der Waals surface area contributed by atoms with Crippen molar-refractivity contribution in [3.8, 4) is 11.4 Å². The maximum atomic E-state index is 6.03. The summed E-state index contributed by atoms with van der Waals surface area (Å²) in [6, 6.07) is 6.10. The van der Waals surface area contributed by atoms with Gasteiger partial charge in [-0.05, 0) is 34.5 Å². The number of hydrogen-bond donors (Lipinski definition) is 1. The lowest BCUT2D eigenvalue weighted by molar-refractivity contribution is 0.467. The first-order valence-electron chi connectivity index (χ1n) is 5.67. The smallest absolute Gasteiger partial charge is 0.177 e. The van der Waals surface area contributed by atoms with E-state index in [9.17, 15) is 0 Å². The topological polar surface area (TPSA) is 56.7 Å². The summed E-state index contributed by atoms with van der Waals surface area (Å²) in [5.74, 6) is 0. The molecule has 0 radical (unpaired) electrons. The highest BCUT2D eigenvalue weighted by molar-refractivity contribution is 9.10. The molecule has 2 N–H and O–H groups in total. The van der Waals surface area contributed by atoms with Gasteiger partial charge in [-0.3, -0.25) is 4.98 Å². The SMILES string of the molecule is NC1CCn2c(Br)nc(-c3ccccn3)c2C1. The molecular formula is C12H13BrN4. The Kier molecular flexibility index (Phi) is 2.72. The van der Waals surface area contributed by atoms with Crippen LogP contribution in [0.5, 0.6) is 0 Å². The van der Waals surface area contributed by atoms with Crippen LogP contribution >= 0.6 is 15.9 Å². The van der Waals surface area contributed by atoms with Gasteiger partial charge in [0.15, 0.2) is 4.73 Å². The van der Waals surface area contributed by atoms with Crippen LogP contribution in [-0.2, 0) is 13.0 Å². The highest BCUT2D eigenvalue weighted by Crippen LogP contribution is 2.29. The first-order chi connectivity index (χ1) is 8.25. The third kappa shape index (κ3) is 1.89. The van der Waals surface area contributed by atoms with Gasteiger partial charge in [0.2, 0.25) is 0 Å². The Morgan fingerprint density at radius 2 is 2.29 bits per heavy atom. The van der Waals surface area contributed by atoms with Gasteiger partial charge in [0.05, 0.1) is 5.69 Å². The second-order valence-corrected chi connectivity index (χ2v) is 5.00. The van der Waals surface area contributed by atoms with E-state index in [1.807, 2.05) is 18.2 Å². The largest absolute Gasteiger partial charge is 0.327 e. The van der Waals surface area contributed by atoms with Crippen LogP contribution in [0.4, 0.5) is 0 Å². The summed E-state index contributed by atoms with van der Waals surface area (Å²) in [6.45, 7) is 0.927. The van der Waals surface area contributed by atoms with Crippen molar-refractivity contribution in [3.63, 3.8) is 0 Å². The maximum Gasteiger partial charge on any atom is 0.177 e. The Balaban J connectivity index is 2.13. The maximum absolute atomic E-state index is 6.03. The van der Waals surface area contributed by atoms with E-state index < -0.39 is 0 Å². The van der Waals surface area contributed by atoms with Gasteiger partial charge >= 0.3 is 0 Å². The average Bonchev–Trinajstić information content (AvgIpc) is 2.67. The minimum absolute atomic E-state index is 0.230. The molecule has 0 amide bonds. The summed E-state index contributed by atoms with van der Waals surface area (Å²) in [5, 5.41) is 0. The lowest BCUT2D eigenvalue weighted by Crippen LogP contribution is -2.30. The number of rotatable bonds is 1. The zero-order valence-corrected chi connectivity index (χ0v) is 10.9. The van der Waals surface area contributed by atoms with Crippen LogP contribution in [-0.4, -0.2) is 20.6 Å². The van der Waals surface area contributed by atoms with Crippen molar-refractivity contribution in [2.24, 2.45) is 5.73 Å². The zero-order chi connectivity index (χ0) is 11.8. The Bertz CT molecular complexity index is 535. The molecular weight excluding hydrogens is 280 g/mol. The van der Waals surface area contributed by atoms with Crippen molar-refractivity contribution in [1.29, 1.82) is 0 Å². The lowest BCUT2D eigenvalue weighted by Gasteiger charge is -2.21. The summed E-state index contributed by atoms with van der Waals surface area (Å²) in [7, 11) is 0. The van der Waals surface area contributed by atoms with Crippen molar-refractivity contribution >= 4 is 15.9 Å². The molecule has 0 aromatic carbocycles. The molecule has 0 spiro atoms. The van der Waals surface area contributed by atoms with Crippen molar-refractivity contribution in [2.75, 3.05) is 0 Å². The standard InChI is InChI=1S/C12H13BrN4/c13-12-16-11(9-3-1-2-5-15-9)10-7-8(14)4-6-17(10)12/h1-3,5,8H,4,6-7,14H2. The fourth-order valence-electron chi connectivity index (χ4n) is 2.24. The molecule has 4 nitrogen and oxygen atoms in total. The number of pyridine rings is 1. The molecule has 0 saturated carbocycles. The van der Waals surface area contributed by atoms with Crippen LogP contribution < -0.4 is 5.73 Å². The Morgan fingerprint density at radius 1 is 1.41 bits per heavy atom. The highest BCUT2D eigenvalue weighted by Gasteiger charge is 2.23. The van der Waals surface area contributed by atoms with Crippen molar-refractivity contribution in [2.45, 2.75) is 25.4 Å². The Morgan fingerprint density at radius 3 is 3.06 bits per heavy atom. The molecule has 5 heteroatoms. The third-order valence-electron chi connectivity index (χ3n) is 3.11. The van der Waals surface area contributed by atoms with Crippen molar-refractivity contribution < 1.29 is 0 Å². The molecule has 0 aliphatic carbocycles. The fraction of sp³-hybridized carbons (Fsp3) is 0.333. The molecule has 0 bridgehead atoms. The molecule has 0 saturated heterocycles. The first-order valence-corrected chi connectivity index (χ1v) is 6.47.